The van der Waals surface area contributed by atoms with Gasteiger partial charge in [0.25, 0.3) is 0 Å². The van der Waals surface area contributed by atoms with Gasteiger partial charge in [-0.3, -0.25) is 4.79 Å². The third-order valence-electron chi connectivity index (χ3n) is 4.80. The molecule has 0 aliphatic carbocycles. The number of carboxylic acids is 1. The monoisotopic (exact) mass is 462 g/mol. The summed E-state index contributed by atoms with van der Waals surface area (Å²) in [6.45, 7) is 0.116. The number of imidazole rings is 2. The molecule has 0 atom stereocenters. The van der Waals surface area contributed by atoms with Crippen molar-refractivity contribution in [2.75, 3.05) is 22.5 Å². The predicted molar refractivity (Wildman–Crippen MR) is 125 cm³/mol. The highest BCUT2D eigenvalue weighted by Crippen LogP contribution is 2.22. The lowest BCUT2D eigenvalue weighted by molar-refractivity contribution is -0.136. The smallest absolute Gasteiger partial charge is 0.323 e. The van der Waals surface area contributed by atoms with Gasteiger partial charge < -0.3 is 41.0 Å². The van der Waals surface area contributed by atoms with Gasteiger partial charge in [-0.1, -0.05) is 0 Å². The van der Waals surface area contributed by atoms with E-state index in [4.69, 9.17) is 5.11 Å². The van der Waals surface area contributed by atoms with Crippen LogP contribution in [0.25, 0.3) is 22.1 Å². The molecule has 3 aromatic heterocycles. The molecule has 3 heterocycles. The van der Waals surface area contributed by atoms with E-state index < -0.39 is 5.97 Å². The number of benzene rings is 2. The molecule has 5 rings (SSSR count). The van der Waals surface area contributed by atoms with Crippen molar-refractivity contribution >= 4 is 57.3 Å². The summed E-state index contributed by atoms with van der Waals surface area (Å²) in [5.74, 6) is -0.429. The summed E-state index contributed by atoms with van der Waals surface area (Å²) in [5, 5.41) is 17.9. The van der Waals surface area contributed by atoms with Gasteiger partial charge in [0.1, 0.15) is 0 Å². The first-order valence-corrected chi connectivity index (χ1v) is 10.1. The average molecular weight is 462 g/mol. The molecule has 0 radical (unpaired) electrons. The van der Waals surface area contributed by atoms with Crippen molar-refractivity contribution in [3.05, 3.63) is 57.4 Å². The lowest BCUT2D eigenvalue weighted by Gasteiger charge is -2.11. The second-order valence-corrected chi connectivity index (χ2v) is 7.31. The Bertz CT molecular complexity index is 1520. The number of H-pyrrole nitrogens is 4. The van der Waals surface area contributed by atoms with Gasteiger partial charge in [-0.05, 0) is 36.4 Å². The number of aromatic amines is 4. The first kappa shape index (κ1) is 20.7. The Hall–Kier alpha value is -5.14. The van der Waals surface area contributed by atoms with E-state index in [9.17, 15) is 14.4 Å². The lowest BCUT2D eigenvalue weighted by Crippen LogP contribution is -2.12. The summed E-state index contributed by atoms with van der Waals surface area (Å²) >= 11 is 0. The molecule has 0 fully saturated rings. The second kappa shape index (κ2) is 8.42. The van der Waals surface area contributed by atoms with Crippen LogP contribution >= 0.6 is 0 Å². The minimum absolute atomic E-state index is 0.116. The number of rotatable bonds is 8. The van der Waals surface area contributed by atoms with Crippen molar-refractivity contribution in [1.29, 1.82) is 0 Å². The maximum atomic E-state index is 11.5. The van der Waals surface area contributed by atoms with Crippen molar-refractivity contribution in [2.24, 2.45) is 0 Å². The number of fused-ring (bicyclic) bond motifs is 2. The van der Waals surface area contributed by atoms with Crippen molar-refractivity contribution in [3.63, 3.8) is 0 Å². The van der Waals surface area contributed by atoms with E-state index in [1.54, 1.807) is 36.4 Å². The fraction of sp³-hybridized carbons (Fsp3) is 0.100. The zero-order chi connectivity index (χ0) is 23.7. The molecule has 0 bridgehead atoms. The number of anilines is 5. The number of nitrogens with one attached hydrogen (secondary N) is 7. The van der Waals surface area contributed by atoms with Gasteiger partial charge in [-0.25, -0.2) is 9.59 Å². The Labute approximate surface area is 188 Å². The van der Waals surface area contributed by atoms with Gasteiger partial charge in [0.05, 0.1) is 28.5 Å². The van der Waals surface area contributed by atoms with Gasteiger partial charge >= 0.3 is 17.3 Å². The Morgan fingerprint density at radius 2 is 1.21 bits per heavy atom. The van der Waals surface area contributed by atoms with Crippen LogP contribution in [0.5, 0.6) is 0 Å². The van der Waals surface area contributed by atoms with Gasteiger partial charge in [0.2, 0.25) is 17.8 Å². The molecule has 14 nitrogen and oxygen atoms in total. The third kappa shape index (κ3) is 4.55. The first-order chi connectivity index (χ1) is 16.4. The summed E-state index contributed by atoms with van der Waals surface area (Å²) in [6, 6.07) is 10.4. The highest BCUT2D eigenvalue weighted by atomic mass is 16.4. The predicted octanol–water partition coefficient (Wildman–Crippen LogP) is 1.58. The summed E-state index contributed by atoms with van der Waals surface area (Å²) < 4.78 is 0. The van der Waals surface area contributed by atoms with Crippen LogP contribution in [0.4, 0.5) is 29.2 Å². The van der Waals surface area contributed by atoms with Gasteiger partial charge in [-0.2, -0.15) is 15.0 Å². The minimum atomic E-state index is -0.958. The van der Waals surface area contributed by atoms with E-state index in [1.165, 1.54) is 0 Å². The lowest BCUT2D eigenvalue weighted by atomic mass is 10.3. The van der Waals surface area contributed by atoms with E-state index in [0.717, 1.165) is 0 Å². The van der Waals surface area contributed by atoms with Crippen molar-refractivity contribution in [3.8, 4) is 0 Å². The maximum Gasteiger partial charge on any atom is 0.323 e. The molecule has 0 amide bonds. The molecule has 0 aliphatic rings. The van der Waals surface area contributed by atoms with E-state index in [2.05, 4.69) is 50.8 Å². The highest BCUT2D eigenvalue weighted by Gasteiger charge is 2.10. The van der Waals surface area contributed by atoms with E-state index in [0.29, 0.717) is 33.4 Å². The zero-order valence-corrected chi connectivity index (χ0v) is 17.4. The minimum Gasteiger partial charge on any atom is -0.481 e. The Kier molecular flexibility index (Phi) is 5.14. The number of hydrogen-bond donors (Lipinski definition) is 8. The fourth-order valence-corrected chi connectivity index (χ4v) is 3.33. The molecule has 0 spiro atoms. The molecule has 0 aliphatic heterocycles. The molecular formula is C20H18N10O4. The average Bonchev–Trinajstić information content (AvgIpc) is 3.33. The summed E-state index contributed by atoms with van der Waals surface area (Å²) in [6.07, 6.45) is -0.119. The quantitative estimate of drug-likeness (QED) is 0.167. The summed E-state index contributed by atoms with van der Waals surface area (Å²) in [5.41, 5.74) is 3.12. The van der Waals surface area contributed by atoms with Crippen molar-refractivity contribution in [2.45, 2.75) is 6.42 Å². The topological polar surface area (TPSA) is 209 Å². The van der Waals surface area contributed by atoms with E-state index in [-0.39, 0.29) is 42.2 Å². The van der Waals surface area contributed by atoms with Crippen molar-refractivity contribution < 1.29 is 9.90 Å². The number of hydrogen-bond acceptors (Lipinski definition) is 9. The molecule has 2 aromatic carbocycles. The molecule has 14 heteroatoms. The number of aromatic nitrogens is 7. The molecule has 172 valence electrons. The molecular weight excluding hydrogens is 444 g/mol. The second-order valence-electron chi connectivity index (χ2n) is 7.31. The van der Waals surface area contributed by atoms with Crippen LogP contribution in [-0.4, -0.2) is 52.5 Å². The fourth-order valence-electron chi connectivity index (χ4n) is 3.33. The molecule has 8 N–H and O–H groups in total. The van der Waals surface area contributed by atoms with Crippen LogP contribution in [-0.2, 0) is 4.79 Å². The highest BCUT2D eigenvalue weighted by molar-refractivity contribution is 5.81. The molecule has 0 unspecified atom stereocenters. The van der Waals surface area contributed by atoms with Crippen LogP contribution in [0.3, 0.4) is 0 Å². The third-order valence-corrected chi connectivity index (χ3v) is 4.80. The SMILES string of the molecule is O=C(O)CCNc1nc(Nc2ccc3[nH]c(=O)[nH]c3c2)nc(Nc2ccc3[nH]c(=O)[nH]c3c2)n1. The Morgan fingerprint density at radius 3 is 1.71 bits per heavy atom. The van der Waals surface area contributed by atoms with Crippen LogP contribution < -0.4 is 27.3 Å². The van der Waals surface area contributed by atoms with Crippen LogP contribution in [0.1, 0.15) is 6.42 Å². The summed E-state index contributed by atoms with van der Waals surface area (Å²) in [7, 11) is 0. The summed E-state index contributed by atoms with van der Waals surface area (Å²) in [4.78, 5) is 57.5. The van der Waals surface area contributed by atoms with Crippen molar-refractivity contribution in [1.82, 2.24) is 34.9 Å². The molecule has 0 saturated carbocycles. The number of nitrogens with zero attached hydrogens (tertiary/aromatic N) is 3. The number of carboxylic acid groups (broad SMARTS) is 1. The number of aliphatic carboxylic acids is 1. The van der Waals surface area contributed by atoms with Crippen LogP contribution in [0, 0.1) is 0 Å². The van der Waals surface area contributed by atoms with Gasteiger partial charge in [-0.15, -0.1) is 0 Å². The Morgan fingerprint density at radius 1 is 0.735 bits per heavy atom. The standard InChI is InChI=1S/C20H18N10O4/c31-15(32)5-6-21-16-28-17(22-9-1-3-11-13(7-9)26-19(33)24-11)30-18(29-16)23-10-2-4-12-14(8-10)27-20(34)25-12/h1-4,7-8H,5-6H2,(H,31,32)(H2,24,26,33)(H2,25,27,34)(H3,21,22,23,28,29,30). The molecule has 5 aromatic rings. The van der Waals surface area contributed by atoms with Crippen LogP contribution in [0.2, 0.25) is 0 Å². The van der Waals surface area contributed by atoms with Gasteiger partial charge in [0, 0.05) is 17.9 Å². The first-order valence-electron chi connectivity index (χ1n) is 10.1. The van der Waals surface area contributed by atoms with Crippen LogP contribution in [0.15, 0.2) is 46.0 Å². The number of carbonyl (C=O) groups is 1. The zero-order valence-electron chi connectivity index (χ0n) is 17.4. The molecule has 34 heavy (non-hydrogen) atoms. The largest absolute Gasteiger partial charge is 0.481 e. The van der Waals surface area contributed by atoms with E-state index >= 15 is 0 Å². The van der Waals surface area contributed by atoms with Gasteiger partial charge in [0.15, 0.2) is 0 Å². The molecule has 0 saturated heterocycles. The normalized spacial score (nSPS) is 11.1. The Balaban J connectivity index is 1.44. The van der Waals surface area contributed by atoms with E-state index in [1.807, 2.05) is 0 Å². The maximum absolute atomic E-state index is 11.5.